The summed E-state index contributed by atoms with van der Waals surface area (Å²) in [5.74, 6) is 1.78. The first kappa shape index (κ1) is 13.9. The number of hydrogen-bond donors (Lipinski definition) is 0. The summed E-state index contributed by atoms with van der Waals surface area (Å²) in [6, 6.07) is 2.24. The van der Waals surface area contributed by atoms with Gasteiger partial charge in [0.15, 0.2) is 0 Å². The molecule has 3 heteroatoms. The number of nitriles is 1. The molecule has 0 aliphatic heterocycles. The first-order valence-corrected chi connectivity index (χ1v) is 8.01. The van der Waals surface area contributed by atoms with Gasteiger partial charge in [-0.15, -0.1) is 0 Å². The molecule has 110 valence electrons. The summed E-state index contributed by atoms with van der Waals surface area (Å²) in [5, 5.41) is 8.95. The number of carbonyl (C=O) groups is 1. The van der Waals surface area contributed by atoms with Crippen LogP contribution in [0.4, 0.5) is 0 Å². The van der Waals surface area contributed by atoms with Crippen molar-refractivity contribution in [2.45, 2.75) is 52.4 Å². The second kappa shape index (κ2) is 4.48. The Bertz CT molecular complexity index is 450. The molecule has 4 fully saturated rings. The van der Waals surface area contributed by atoms with Crippen molar-refractivity contribution in [1.29, 1.82) is 5.26 Å². The van der Waals surface area contributed by atoms with Gasteiger partial charge in [0.05, 0.1) is 17.4 Å². The van der Waals surface area contributed by atoms with E-state index in [0.29, 0.717) is 17.9 Å². The fraction of sp³-hybridized carbons (Fsp3) is 0.882. The molecule has 0 aromatic rings. The van der Waals surface area contributed by atoms with E-state index in [9.17, 15) is 4.79 Å². The van der Waals surface area contributed by atoms with Crippen LogP contribution in [0, 0.1) is 39.9 Å². The zero-order valence-corrected chi connectivity index (χ0v) is 13.0. The van der Waals surface area contributed by atoms with Crippen LogP contribution in [-0.4, -0.2) is 24.4 Å². The number of carbonyl (C=O) groups excluding carboxylic acids is 1. The van der Waals surface area contributed by atoms with Gasteiger partial charge in [0.25, 0.3) is 0 Å². The van der Waals surface area contributed by atoms with Crippen molar-refractivity contribution in [3.63, 3.8) is 0 Å². The number of nitrogens with zero attached hydrogens (tertiary/aromatic N) is 2. The number of rotatable bonds is 3. The Balaban J connectivity index is 1.79. The molecule has 0 spiro atoms. The number of amides is 1. The Kier molecular flexibility index (Phi) is 3.12. The third-order valence-electron chi connectivity index (χ3n) is 5.92. The minimum atomic E-state index is -0.0945. The molecule has 4 aliphatic rings. The molecule has 0 saturated heterocycles. The molecular formula is C17H26N2O. The second-order valence-electron chi connectivity index (χ2n) is 8.27. The Labute approximate surface area is 122 Å². The lowest BCUT2D eigenvalue weighted by atomic mass is 9.44. The van der Waals surface area contributed by atoms with Gasteiger partial charge < -0.3 is 4.90 Å². The Hall–Kier alpha value is -1.04. The molecule has 0 radical (unpaired) electrons. The third kappa shape index (κ3) is 2.14. The first-order chi connectivity index (χ1) is 9.36. The van der Waals surface area contributed by atoms with Crippen molar-refractivity contribution >= 4 is 5.91 Å². The summed E-state index contributed by atoms with van der Waals surface area (Å²) in [6.07, 6.45) is 7.29. The zero-order chi connectivity index (χ0) is 14.5. The van der Waals surface area contributed by atoms with Gasteiger partial charge in [-0.1, -0.05) is 6.92 Å². The van der Waals surface area contributed by atoms with Crippen LogP contribution >= 0.6 is 0 Å². The summed E-state index contributed by atoms with van der Waals surface area (Å²) in [5.41, 5.74) is 0.310. The van der Waals surface area contributed by atoms with Crippen LogP contribution in [-0.2, 0) is 4.79 Å². The van der Waals surface area contributed by atoms with Crippen LogP contribution in [0.1, 0.15) is 52.4 Å². The lowest BCUT2D eigenvalue weighted by Gasteiger charge is -2.61. The van der Waals surface area contributed by atoms with Gasteiger partial charge in [0.1, 0.15) is 0 Å². The zero-order valence-electron chi connectivity index (χ0n) is 13.0. The maximum atomic E-state index is 13.0. The summed E-state index contributed by atoms with van der Waals surface area (Å²) in [6.45, 7) is 4.86. The van der Waals surface area contributed by atoms with Crippen LogP contribution in [0.2, 0.25) is 0 Å². The van der Waals surface area contributed by atoms with Crippen molar-refractivity contribution in [2.75, 3.05) is 13.6 Å². The molecule has 3 nitrogen and oxygen atoms in total. The van der Waals surface area contributed by atoms with Gasteiger partial charge in [-0.3, -0.25) is 4.79 Å². The van der Waals surface area contributed by atoms with Crippen molar-refractivity contribution in [2.24, 2.45) is 28.6 Å². The van der Waals surface area contributed by atoms with Crippen LogP contribution in [0.25, 0.3) is 0 Å². The molecule has 0 heterocycles. The first-order valence-electron chi connectivity index (χ1n) is 8.01. The molecule has 4 rings (SSSR count). The summed E-state index contributed by atoms with van der Waals surface area (Å²) < 4.78 is 0. The normalized spacial score (nSPS) is 43.1. The van der Waals surface area contributed by atoms with Crippen LogP contribution in [0.5, 0.6) is 0 Å². The monoisotopic (exact) mass is 274 g/mol. The van der Waals surface area contributed by atoms with Gasteiger partial charge in [0.2, 0.25) is 5.91 Å². The van der Waals surface area contributed by atoms with Crippen molar-refractivity contribution in [3.8, 4) is 6.07 Å². The maximum absolute atomic E-state index is 13.0. The smallest absolute Gasteiger partial charge is 0.228 e. The quantitative estimate of drug-likeness (QED) is 0.793. The van der Waals surface area contributed by atoms with Gasteiger partial charge in [-0.2, -0.15) is 5.26 Å². The molecule has 4 aliphatic carbocycles. The largest absolute Gasteiger partial charge is 0.344 e. The molecule has 1 amide bonds. The highest BCUT2D eigenvalue weighted by atomic mass is 16.2. The molecule has 0 aromatic carbocycles. The molecule has 3 atom stereocenters. The maximum Gasteiger partial charge on any atom is 0.228 e. The fourth-order valence-corrected chi connectivity index (χ4v) is 5.91. The van der Waals surface area contributed by atoms with Crippen LogP contribution < -0.4 is 0 Å². The minimum absolute atomic E-state index is 0.0755. The lowest BCUT2D eigenvalue weighted by Crippen LogP contribution is -2.57. The SMILES string of the molecule is CC(C#N)CN(C)C(=O)C12CC3CC(CC(C)(C3)C1)C2. The van der Waals surface area contributed by atoms with E-state index in [1.165, 1.54) is 19.3 Å². The molecule has 0 aromatic heterocycles. The van der Waals surface area contributed by atoms with E-state index >= 15 is 0 Å². The minimum Gasteiger partial charge on any atom is -0.344 e. The van der Waals surface area contributed by atoms with Gasteiger partial charge >= 0.3 is 0 Å². The third-order valence-corrected chi connectivity index (χ3v) is 5.92. The number of hydrogen-bond acceptors (Lipinski definition) is 2. The average Bonchev–Trinajstić information content (AvgIpc) is 2.34. The average molecular weight is 274 g/mol. The van der Waals surface area contributed by atoms with Gasteiger partial charge in [-0.05, 0) is 62.7 Å². The highest BCUT2D eigenvalue weighted by molar-refractivity contribution is 5.83. The van der Waals surface area contributed by atoms with Crippen molar-refractivity contribution < 1.29 is 4.79 Å². The Morgan fingerprint density at radius 1 is 1.35 bits per heavy atom. The van der Waals surface area contributed by atoms with E-state index in [0.717, 1.165) is 31.1 Å². The Morgan fingerprint density at radius 2 is 1.95 bits per heavy atom. The summed E-state index contributed by atoms with van der Waals surface area (Å²) >= 11 is 0. The van der Waals surface area contributed by atoms with E-state index < -0.39 is 0 Å². The van der Waals surface area contributed by atoms with E-state index in [1.807, 2.05) is 18.9 Å². The van der Waals surface area contributed by atoms with Crippen LogP contribution in [0.3, 0.4) is 0 Å². The second-order valence-corrected chi connectivity index (χ2v) is 8.27. The predicted octanol–water partition coefficient (Wildman–Crippen LogP) is 3.21. The van der Waals surface area contributed by atoms with Crippen molar-refractivity contribution in [1.82, 2.24) is 4.90 Å². The van der Waals surface area contributed by atoms with Crippen molar-refractivity contribution in [3.05, 3.63) is 0 Å². The van der Waals surface area contributed by atoms with E-state index in [-0.39, 0.29) is 11.3 Å². The predicted molar refractivity (Wildman–Crippen MR) is 77.6 cm³/mol. The molecular weight excluding hydrogens is 248 g/mol. The molecule has 0 N–H and O–H groups in total. The van der Waals surface area contributed by atoms with Gasteiger partial charge in [-0.25, -0.2) is 0 Å². The van der Waals surface area contributed by atoms with Crippen LogP contribution in [0.15, 0.2) is 0 Å². The molecule has 4 saturated carbocycles. The summed E-state index contributed by atoms with van der Waals surface area (Å²) in [4.78, 5) is 14.8. The van der Waals surface area contributed by atoms with E-state index in [4.69, 9.17) is 5.26 Å². The standard InChI is InChI=1S/C17H26N2O/c1-12(9-18)10-19(3)15(20)17-7-13-4-14(8-17)6-16(2,5-13)11-17/h12-14H,4-8,10-11H2,1-3H3. The fourth-order valence-electron chi connectivity index (χ4n) is 5.91. The Morgan fingerprint density at radius 3 is 2.45 bits per heavy atom. The molecule has 4 bridgehead atoms. The summed E-state index contributed by atoms with van der Waals surface area (Å²) in [7, 11) is 1.89. The lowest BCUT2D eigenvalue weighted by molar-refractivity contribution is -0.165. The van der Waals surface area contributed by atoms with E-state index in [2.05, 4.69) is 13.0 Å². The highest BCUT2D eigenvalue weighted by Gasteiger charge is 2.59. The highest BCUT2D eigenvalue weighted by Crippen LogP contribution is 2.65. The van der Waals surface area contributed by atoms with Gasteiger partial charge in [0, 0.05) is 13.6 Å². The van der Waals surface area contributed by atoms with E-state index in [1.54, 1.807) is 0 Å². The topological polar surface area (TPSA) is 44.1 Å². The molecule has 20 heavy (non-hydrogen) atoms. The molecule has 3 unspecified atom stereocenters.